The minimum atomic E-state index is -0.0537. The van der Waals surface area contributed by atoms with Gasteiger partial charge in [0.25, 0.3) is 0 Å². The molecule has 128 valence electrons. The topological polar surface area (TPSA) is 68.2 Å². The van der Waals surface area contributed by atoms with E-state index in [1.54, 1.807) is 11.8 Å². The van der Waals surface area contributed by atoms with Gasteiger partial charge in [-0.1, -0.05) is 24.3 Å². The first-order valence-corrected chi connectivity index (χ1v) is 8.21. The summed E-state index contributed by atoms with van der Waals surface area (Å²) in [6.07, 6.45) is 3.85. The SMILES string of the molecule is COCc1ccc(CNC(=O)[C@H]2CNC[C@@H]2c2cnn(C)c2)cc1. The Kier molecular flexibility index (Phi) is 5.27. The van der Waals surface area contributed by atoms with Gasteiger partial charge in [-0.05, 0) is 16.7 Å². The van der Waals surface area contributed by atoms with Crippen LogP contribution in [0.2, 0.25) is 0 Å². The van der Waals surface area contributed by atoms with Crippen molar-refractivity contribution in [1.29, 1.82) is 0 Å². The molecule has 1 aliphatic heterocycles. The molecule has 1 aromatic heterocycles. The van der Waals surface area contributed by atoms with Gasteiger partial charge in [0.2, 0.25) is 5.91 Å². The van der Waals surface area contributed by atoms with Gasteiger partial charge in [0.05, 0.1) is 18.7 Å². The van der Waals surface area contributed by atoms with E-state index in [0.717, 1.165) is 23.2 Å². The van der Waals surface area contributed by atoms with E-state index >= 15 is 0 Å². The number of amides is 1. The minimum Gasteiger partial charge on any atom is -0.380 e. The fourth-order valence-electron chi connectivity index (χ4n) is 3.18. The number of carbonyl (C=O) groups excluding carboxylic acids is 1. The van der Waals surface area contributed by atoms with E-state index in [-0.39, 0.29) is 17.7 Å². The van der Waals surface area contributed by atoms with Crippen molar-refractivity contribution in [3.05, 3.63) is 53.3 Å². The molecule has 2 atom stereocenters. The summed E-state index contributed by atoms with van der Waals surface area (Å²) in [5, 5.41) is 10.6. The maximum absolute atomic E-state index is 12.6. The number of methoxy groups -OCH3 is 1. The largest absolute Gasteiger partial charge is 0.380 e. The summed E-state index contributed by atoms with van der Waals surface area (Å²) in [5.74, 6) is 0.222. The van der Waals surface area contributed by atoms with Crippen LogP contribution >= 0.6 is 0 Å². The van der Waals surface area contributed by atoms with E-state index < -0.39 is 0 Å². The van der Waals surface area contributed by atoms with Crippen LogP contribution in [0, 0.1) is 5.92 Å². The number of nitrogens with zero attached hydrogens (tertiary/aromatic N) is 2. The Hall–Kier alpha value is -2.18. The maximum Gasteiger partial charge on any atom is 0.225 e. The lowest BCUT2D eigenvalue weighted by atomic mass is 9.90. The number of ether oxygens (including phenoxy) is 1. The molecular formula is C18H24N4O2. The Labute approximate surface area is 142 Å². The zero-order valence-corrected chi connectivity index (χ0v) is 14.2. The second-order valence-corrected chi connectivity index (χ2v) is 6.29. The lowest BCUT2D eigenvalue weighted by molar-refractivity contribution is -0.125. The van der Waals surface area contributed by atoms with Crippen molar-refractivity contribution in [2.24, 2.45) is 13.0 Å². The molecule has 1 aromatic carbocycles. The Morgan fingerprint density at radius 2 is 2.08 bits per heavy atom. The van der Waals surface area contributed by atoms with Crippen LogP contribution in [-0.4, -0.2) is 35.9 Å². The summed E-state index contributed by atoms with van der Waals surface area (Å²) in [7, 11) is 3.58. The zero-order chi connectivity index (χ0) is 16.9. The minimum absolute atomic E-state index is 0.0537. The molecule has 2 N–H and O–H groups in total. The Bertz CT molecular complexity index is 681. The Morgan fingerprint density at radius 3 is 2.75 bits per heavy atom. The molecular weight excluding hydrogens is 304 g/mol. The fourth-order valence-corrected chi connectivity index (χ4v) is 3.18. The number of nitrogens with one attached hydrogen (secondary N) is 2. The quantitative estimate of drug-likeness (QED) is 0.836. The van der Waals surface area contributed by atoms with Crippen molar-refractivity contribution in [3.8, 4) is 0 Å². The summed E-state index contributed by atoms with van der Waals surface area (Å²) in [6, 6.07) is 8.11. The molecule has 0 spiro atoms. The van der Waals surface area contributed by atoms with Crippen LogP contribution in [0.1, 0.15) is 22.6 Å². The van der Waals surface area contributed by atoms with Crippen LogP contribution < -0.4 is 10.6 Å². The zero-order valence-electron chi connectivity index (χ0n) is 14.2. The molecule has 2 heterocycles. The number of benzene rings is 1. The van der Waals surface area contributed by atoms with Crippen LogP contribution in [-0.2, 0) is 29.7 Å². The number of hydrogen-bond donors (Lipinski definition) is 2. The highest BCUT2D eigenvalue weighted by molar-refractivity contribution is 5.80. The van der Waals surface area contributed by atoms with Crippen LogP contribution in [0.25, 0.3) is 0 Å². The lowest BCUT2D eigenvalue weighted by Crippen LogP contribution is -2.33. The molecule has 1 fully saturated rings. The molecule has 1 aliphatic rings. The van der Waals surface area contributed by atoms with Crippen molar-refractivity contribution in [2.45, 2.75) is 19.1 Å². The first-order valence-electron chi connectivity index (χ1n) is 8.21. The van der Waals surface area contributed by atoms with E-state index in [9.17, 15) is 4.79 Å². The fraction of sp³-hybridized carbons (Fsp3) is 0.444. The molecule has 2 aromatic rings. The first-order chi connectivity index (χ1) is 11.7. The predicted molar refractivity (Wildman–Crippen MR) is 91.3 cm³/mol. The van der Waals surface area contributed by atoms with Gasteiger partial charge in [0, 0.05) is 45.9 Å². The van der Waals surface area contributed by atoms with E-state index in [1.165, 1.54) is 0 Å². The van der Waals surface area contributed by atoms with Crippen molar-refractivity contribution in [2.75, 3.05) is 20.2 Å². The van der Waals surface area contributed by atoms with Gasteiger partial charge < -0.3 is 15.4 Å². The molecule has 0 radical (unpaired) electrons. The molecule has 0 unspecified atom stereocenters. The van der Waals surface area contributed by atoms with Crippen LogP contribution in [0.3, 0.4) is 0 Å². The van der Waals surface area contributed by atoms with Gasteiger partial charge >= 0.3 is 0 Å². The average Bonchev–Trinajstić information content (AvgIpc) is 3.23. The second kappa shape index (κ2) is 7.59. The van der Waals surface area contributed by atoms with Crippen molar-refractivity contribution < 1.29 is 9.53 Å². The molecule has 1 saturated heterocycles. The van der Waals surface area contributed by atoms with E-state index in [4.69, 9.17) is 4.74 Å². The standard InChI is InChI=1S/C18H24N4O2/c1-22-11-15(8-21-22)16-9-19-10-17(16)18(23)20-7-13-3-5-14(6-4-13)12-24-2/h3-6,8,11,16-17,19H,7,9-10,12H2,1-2H3,(H,20,23)/t16-,17+/m1/s1. The monoisotopic (exact) mass is 328 g/mol. The second-order valence-electron chi connectivity index (χ2n) is 6.29. The molecule has 1 amide bonds. The normalized spacial score (nSPS) is 20.2. The highest BCUT2D eigenvalue weighted by Crippen LogP contribution is 2.27. The van der Waals surface area contributed by atoms with E-state index in [1.807, 2.05) is 43.7 Å². The van der Waals surface area contributed by atoms with Crippen molar-refractivity contribution in [3.63, 3.8) is 0 Å². The average molecular weight is 328 g/mol. The Balaban J connectivity index is 1.57. The third-order valence-electron chi connectivity index (χ3n) is 4.50. The number of aryl methyl sites for hydroxylation is 1. The first kappa shape index (κ1) is 16.7. The van der Waals surface area contributed by atoms with Gasteiger partial charge in [-0.25, -0.2) is 0 Å². The predicted octanol–water partition coefficient (Wildman–Crippen LogP) is 1.19. The van der Waals surface area contributed by atoms with Crippen molar-refractivity contribution in [1.82, 2.24) is 20.4 Å². The van der Waals surface area contributed by atoms with Crippen LogP contribution in [0.5, 0.6) is 0 Å². The van der Waals surface area contributed by atoms with Crippen molar-refractivity contribution >= 4 is 5.91 Å². The molecule has 0 bridgehead atoms. The number of carbonyl (C=O) groups is 1. The third kappa shape index (κ3) is 3.83. The summed E-state index contributed by atoms with van der Waals surface area (Å²) in [4.78, 5) is 12.6. The van der Waals surface area contributed by atoms with Gasteiger partial charge in [-0.15, -0.1) is 0 Å². The molecule has 6 heteroatoms. The summed E-state index contributed by atoms with van der Waals surface area (Å²) in [5.41, 5.74) is 3.34. The summed E-state index contributed by atoms with van der Waals surface area (Å²) < 4.78 is 6.89. The molecule has 3 rings (SSSR count). The Morgan fingerprint density at radius 1 is 1.33 bits per heavy atom. The third-order valence-corrected chi connectivity index (χ3v) is 4.50. The smallest absolute Gasteiger partial charge is 0.225 e. The molecule has 0 aliphatic carbocycles. The number of aromatic nitrogens is 2. The summed E-state index contributed by atoms with van der Waals surface area (Å²) >= 11 is 0. The highest BCUT2D eigenvalue weighted by Gasteiger charge is 2.34. The summed E-state index contributed by atoms with van der Waals surface area (Å²) in [6.45, 7) is 2.67. The number of hydrogen-bond acceptors (Lipinski definition) is 4. The van der Waals surface area contributed by atoms with Crippen LogP contribution in [0.15, 0.2) is 36.7 Å². The number of rotatable bonds is 6. The van der Waals surface area contributed by atoms with Gasteiger partial charge in [0.1, 0.15) is 0 Å². The highest BCUT2D eigenvalue weighted by atomic mass is 16.5. The van der Waals surface area contributed by atoms with Gasteiger partial charge in [-0.3, -0.25) is 9.48 Å². The van der Waals surface area contributed by atoms with Gasteiger partial charge in [0.15, 0.2) is 0 Å². The molecule has 6 nitrogen and oxygen atoms in total. The molecule has 24 heavy (non-hydrogen) atoms. The lowest BCUT2D eigenvalue weighted by Gasteiger charge is -2.17. The van der Waals surface area contributed by atoms with Gasteiger partial charge in [-0.2, -0.15) is 5.10 Å². The van der Waals surface area contributed by atoms with Crippen LogP contribution in [0.4, 0.5) is 0 Å². The van der Waals surface area contributed by atoms with E-state index in [0.29, 0.717) is 19.7 Å². The molecule has 0 saturated carbocycles. The van der Waals surface area contributed by atoms with E-state index in [2.05, 4.69) is 15.7 Å². The maximum atomic E-state index is 12.6.